The minimum Gasteiger partial charge on any atom is -0.507 e. The number of benzene rings is 1. The lowest BCUT2D eigenvalue weighted by Crippen LogP contribution is -2.01. The van der Waals surface area contributed by atoms with Crippen LogP contribution < -0.4 is 5.30 Å². The standard InChI is InChI=1S/C12H9N2O3P/c15-10-3-4-13-12-9(10)2-1-7-5-8(18(16)17)6-14-11(7)12/h1-6,16-17H,(H,13,15). The predicted octanol–water partition coefficient (Wildman–Crippen LogP) is 1.41. The van der Waals surface area contributed by atoms with Gasteiger partial charge in [-0.1, -0.05) is 6.07 Å². The zero-order valence-corrected chi connectivity index (χ0v) is 10.0. The third-order valence-electron chi connectivity index (χ3n) is 2.75. The first-order chi connectivity index (χ1) is 8.66. The van der Waals surface area contributed by atoms with Gasteiger partial charge in [0.15, 0.2) is 0 Å². The van der Waals surface area contributed by atoms with Crippen LogP contribution in [0.4, 0.5) is 0 Å². The maximum absolute atomic E-state index is 9.73. The van der Waals surface area contributed by atoms with Crippen LogP contribution in [0.3, 0.4) is 0 Å². The molecule has 0 spiro atoms. The van der Waals surface area contributed by atoms with E-state index in [1.165, 1.54) is 18.5 Å². The van der Waals surface area contributed by atoms with E-state index in [4.69, 9.17) is 9.79 Å². The number of pyridine rings is 2. The van der Waals surface area contributed by atoms with Crippen molar-refractivity contribution in [1.82, 2.24) is 9.97 Å². The number of fused-ring (bicyclic) bond motifs is 3. The van der Waals surface area contributed by atoms with Crippen LogP contribution in [0.2, 0.25) is 0 Å². The Labute approximate surface area is 103 Å². The summed E-state index contributed by atoms with van der Waals surface area (Å²) in [5.41, 5.74) is 1.23. The van der Waals surface area contributed by atoms with Gasteiger partial charge in [-0.25, -0.2) is 0 Å². The highest BCUT2D eigenvalue weighted by Crippen LogP contribution is 2.29. The van der Waals surface area contributed by atoms with Gasteiger partial charge in [-0.3, -0.25) is 9.97 Å². The largest absolute Gasteiger partial charge is 0.507 e. The van der Waals surface area contributed by atoms with Crippen molar-refractivity contribution >= 4 is 35.5 Å². The van der Waals surface area contributed by atoms with Gasteiger partial charge in [-0.05, 0) is 18.2 Å². The molecule has 0 aliphatic heterocycles. The maximum atomic E-state index is 9.73. The summed E-state index contributed by atoms with van der Waals surface area (Å²) in [5, 5.41) is 11.5. The molecule has 0 atom stereocenters. The lowest BCUT2D eigenvalue weighted by molar-refractivity contribution is 0.481. The summed E-state index contributed by atoms with van der Waals surface area (Å²) in [6.07, 6.45) is 2.93. The zero-order valence-electron chi connectivity index (χ0n) is 9.15. The number of hydrogen-bond donors (Lipinski definition) is 3. The molecular formula is C12H9N2O3P. The third kappa shape index (κ3) is 1.69. The van der Waals surface area contributed by atoms with Crippen molar-refractivity contribution in [1.29, 1.82) is 0 Å². The molecule has 0 saturated heterocycles. The molecule has 1 aromatic carbocycles. The lowest BCUT2D eigenvalue weighted by Gasteiger charge is -2.06. The van der Waals surface area contributed by atoms with Crippen molar-refractivity contribution in [2.75, 3.05) is 0 Å². The van der Waals surface area contributed by atoms with Gasteiger partial charge in [0.2, 0.25) is 8.38 Å². The third-order valence-corrected chi connectivity index (χ3v) is 3.46. The molecule has 6 heteroatoms. The van der Waals surface area contributed by atoms with E-state index in [1.54, 1.807) is 18.2 Å². The van der Waals surface area contributed by atoms with E-state index in [0.717, 1.165) is 5.39 Å². The van der Waals surface area contributed by atoms with Gasteiger partial charge >= 0.3 is 0 Å². The van der Waals surface area contributed by atoms with E-state index in [1.807, 2.05) is 0 Å². The topological polar surface area (TPSA) is 86.5 Å². The number of rotatable bonds is 1. The average Bonchev–Trinajstić information content (AvgIpc) is 2.38. The van der Waals surface area contributed by atoms with E-state index < -0.39 is 8.38 Å². The van der Waals surface area contributed by atoms with Crippen LogP contribution in [0.15, 0.2) is 36.7 Å². The number of aromatic hydroxyl groups is 1. The fourth-order valence-electron chi connectivity index (χ4n) is 1.89. The molecule has 18 heavy (non-hydrogen) atoms. The molecule has 3 aromatic rings. The maximum Gasteiger partial charge on any atom is 0.201 e. The van der Waals surface area contributed by atoms with E-state index in [2.05, 4.69) is 9.97 Å². The predicted molar refractivity (Wildman–Crippen MR) is 69.7 cm³/mol. The molecule has 0 saturated carbocycles. The molecular weight excluding hydrogens is 251 g/mol. The highest BCUT2D eigenvalue weighted by Gasteiger charge is 2.09. The molecule has 0 aliphatic carbocycles. The Morgan fingerprint density at radius 3 is 2.61 bits per heavy atom. The number of hydrogen-bond acceptors (Lipinski definition) is 5. The highest BCUT2D eigenvalue weighted by atomic mass is 31.2. The Balaban J connectivity index is 2.39. The first-order valence-electron chi connectivity index (χ1n) is 5.21. The van der Waals surface area contributed by atoms with Gasteiger partial charge in [0, 0.05) is 28.5 Å². The first-order valence-corrected chi connectivity index (χ1v) is 6.46. The fourth-order valence-corrected chi connectivity index (χ4v) is 2.31. The van der Waals surface area contributed by atoms with Gasteiger partial charge in [-0.15, -0.1) is 0 Å². The molecule has 2 aromatic heterocycles. The molecule has 0 radical (unpaired) electrons. The van der Waals surface area contributed by atoms with E-state index >= 15 is 0 Å². The monoisotopic (exact) mass is 260 g/mol. The van der Waals surface area contributed by atoms with Gasteiger partial charge in [0.25, 0.3) is 0 Å². The number of nitrogens with zero attached hydrogens (tertiary/aromatic N) is 2. The Hall–Kier alpha value is -1.81. The molecule has 0 unspecified atom stereocenters. The quantitative estimate of drug-likeness (QED) is 0.455. The second-order valence-electron chi connectivity index (χ2n) is 3.85. The van der Waals surface area contributed by atoms with Crippen molar-refractivity contribution < 1.29 is 14.9 Å². The highest BCUT2D eigenvalue weighted by molar-refractivity contribution is 7.54. The summed E-state index contributed by atoms with van der Waals surface area (Å²) < 4.78 is 0. The van der Waals surface area contributed by atoms with E-state index in [-0.39, 0.29) is 5.75 Å². The van der Waals surface area contributed by atoms with Crippen molar-refractivity contribution in [3.63, 3.8) is 0 Å². The van der Waals surface area contributed by atoms with Crippen LogP contribution in [-0.4, -0.2) is 24.9 Å². The summed E-state index contributed by atoms with van der Waals surface area (Å²) in [6.45, 7) is 0. The van der Waals surface area contributed by atoms with Crippen molar-refractivity contribution in [3.05, 3.63) is 36.7 Å². The fraction of sp³-hybridized carbons (Fsp3) is 0. The second-order valence-corrected chi connectivity index (χ2v) is 4.94. The Morgan fingerprint density at radius 2 is 1.83 bits per heavy atom. The van der Waals surface area contributed by atoms with E-state index in [0.29, 0.717) is 21.7 Å². The zero-order chi connectivity index (χ0) is 12.7. The van der Waals surface area contributed by atoms with Crippen molar-refractivity contribution in [2.24, 2.45) is 0 Å². The van der Waals surface area contributed by atoms with Gasteiger partial charge in [-0.2, -0.15) is 0 Å². The summed E-state index contributed by atoms with van der Waals surface area (Å²) in [5.74, 6) is 0.152. The van der Waals surface area contributed by atoms with Crippen molar-refractivity contribution in [3.8, 4) is 5.75 Å². The van der Waals surface area contributed by atoms with Crippen LogP contribution in [0.25, 0.3) is 21.8 Å². The summed E-state index contributed by atoms with van der Waals surface area (Å²) in [4.78, 5) is 26.7. The Morgan fingerprint density at radius 1 is 1.00 bits per heavy atom. The molecule has 5 nitrogen and oxygen atoms in total. The Kier molecular flexibility index (Phi) is 2.59. The molecule has 0 bridgehead atoms. The first kappa shape index (κ1) is 11.3. The summed E-state index contributed by atoms with van der Waals surface area (Å²) >= 11 is 0. The van der Waals surface area contributed by atoms with Crippen LogP contribution in [0.5, 0.6) is 5.75 Å². The molecule has 0 fully saturated rings. The summed E-state index contributed by atoms with van der Waals surface area (Å²) in [6, 6.07) is 6.69. The Bertz CT molecular complexity index is 746. The molecule has 90 valence electrons. The normalized spacial score (nSPS) is 11.5. The van der Waals surface area contributed by atoms with Crippen LogP contribution in [-0.2, 0) is 0 Å². The van der Waals surface area contributed by atoms with Crippen molar-refractivity contribution in [2.45, 2.75) is 0 Å². The minimum absolute atomic E-state index is 0.152. The molecule has 2 heterocycles. The van der Waals surface area contributed by atoms with Gasteiger partial charge < -0.3 is 14.9 Å². The van der Waals surface area contributed by atoms with Crippen LogP contribution in [0, 0.1) is 0 Å². The molecule has 0 amide bonds. The van der Waals surface area contributed by atoms with Crippen LogP contribution in [0.1, 0.15) is 0 Å². The lowest BCUT2D eigenvalue weighted by atomic mass is 10.1. The molecule has 3 rings (SSSR count). The van der Waals surface area contributed by atoms with Gasteiger partial charge in [0.05, 0.1) is 5.52 Å². The second kappa shape index (κ2) is 4.14. The average molecular weight is 260 g/mol. The minimum atomic E-state index is -2.15. The number of aromatic nitrogens is 2. The smallest absolute Gasteiger partial charge is 0.201 e. The van der Waals surface area contributed by atoms with Crippen LogP contribution >= 0.6 is 8.38 Å². The SMILES string of the molecule is Oc1ccnc2c1ccc1cc(P(O)O)cnc12. The molecule has 0 aliphatic rings. The van der Waals surface area contributed by atoms with Gasteiger partial charge in [0.1, 0.15) is 11.3 Å². The summed E-state index contributed by atoms with van der Waals surface area (Å²) in [7, 11) is -2.15. The molecule has 3 N–H and O–H groups in total. The van der Waals surface area contributed by atoms with E-state index in [9.17, 15) is 5.11 Å².